The number of hydrogen-bond donors (Lipinski definition) is 24. The summed E-state index contributed by atoms with van der Waals surface area (Å²) in [5.41, 5.74) is 0. The lowest BCUT2D eigenvalue weighted by Crippen LogP contribution is -2.71. The van der Waals surface area contributed by atoms with Crippen molar-refractivity contribution in [3.05, 3.63) is 0 Å². The lowest BCUT2D eigenvalue weighted by atomic mass is 9.93. The summed E-state index contributed by atoms with van der Waals surface area (Å²) < 4.78 is 88.0. The summed E-state index contributed by atoms with van der Waals surface area (Å²) in [7, 11) is 0. The van der Waals surface area contributed by atoms with Gasteiger partial charge in [0.05, 0.1) is 51.8 Å². The van der Waals surface area contributed by atoms with E-state index in [1.165, 1.54) is 13.8 Å². The fraction of sp³-hybridized carbons (Fsp3) is 0.944. The van der Waals surface area contributed by atoms with Crippen LogP contribution in [0.3, 0.4) is 0 Å². The minimum absolute atomic E-state index is 0.756. The minimum Gasteiger partial charge on any atom is -0.394 e. The van der Waals surface area contributed by atoms with E-state index in [9.17, 15) is 122 Å². The molecule has 0 bridgehead atoms. The number of aliphatic hydroxyl groups is 21. The van der Waals surface area contributed by atoms with Gasteiger partial charge in [-0.2, -0.15) is 0 Å². The molecule has 8 saturated heterocycles. The predicted molar refractivity (Wildman–Crippen MR) is 296 cm³/mol. The molecule has 3 amide bonds. The molecule has 0 saturated carbocycles. The first kappa shape index (κ1) is 78.7. The van der Waals surface area contributed by atoms with Crippen LogP contribution in [-0.2, 0) is 85.4 Å². The van der Waals surface area contributed by atoms with Gasteiger partial charge >= 0.3 is 0 Å². The van der Waals surface area contributed by atoms with Crippen molar-refractivity contribution in [3.63, 3.8) is 0 Å². The Labute approximate surface area is 545 Å². The summed E-state index contributed by atoms with van der Waals surface area (Å²) in [4.78, 5) is 38.1. The lowest BCUT2D eigenvalue weighted by molar-refractivity contribution is -0.395. The number of carbonyl (C=O) groups excluding carboxylic acids is 3. The monoisotopic (exact) mass is 1410 g/mol. The maximum absolute atomic E-state index is 13.1. The molecule has 42 nitrogen and oxygen atoms in total. The van der Waals surface area contributed by atoms with Crippen molar-refractivity contribution in [1.82, 2.24) is 16.0 Å². The highest BCUT2D eigenvalue weighted by molar-refractivity contribution is 5.74. The Morgan fingerprint density at radius 2 is 0.625 bits per heavy atom. The molecule has 42 heteroatoms. The van der Waals surface area contributed by atoms with Gasteiger partial charge in [-0.05, 0) is 13.8 Å². The van der Waals surface area contributed by atoms with Crippen molar-refractivity contribution in [2.24, 2.45) is 0 Å². The summed E-state index contributed by atoms with van der Waals surface area (Å²) in [6.07, 6.45) is -70.6. The molecule has 40 atom stereocenters. The van der Waals surface area contributed by atoms with E-state index >= 15 is 0 Å². The SMILES string of the molecule is CC(=O)N[C@@H]1[C@@H](O)[C@H](O[C@@H]2O[C@H](CO)[C@@H](O[C@@H]3O[C@H](CO)[C@@H](O)[C@H](O[C@H]4O[C@H](CO)[C@@H](O[C@@H]5O[C@H](CO)[C@@H](O[C@@H]6O[C@H](CO)[C@H](O)[C@H](O)[C@H]6O)[C@H](O[C@@H]6O[C@@H](C)[C@@H](O)[C@@H](O)[C@@H]6O)[C@H]5NC(C)=O)[C@H](O)[C@@H]4O)[C@@H]3O)[C@H](O)[C@H]2NC(C)=O)[C@@H](CO[C@@H]2O[C@@H](C)[C@@H](O)[C@@H](O)[C@@H]2O)O[C@H]1O. The summed E-state index contributed by atoms with van der Waals surface area (Å²) in [5, 5.41) is 237. The molecule has 96 heavy (non-hydrogen) atoms. The molecule has 556 valence electrons. The van der Waals surface area contributed by atoms with Crippen LogP contribution in [0.5, 0.6) is 0 Å². The topological polar surface area (TPSA) is 651 Å². The third-order valence-corrected chi connectivity index (χ3v) is 17.8. The van der Waals surface area contributed by atoms with Crippen LogP contribution in [0, 0.1) is 0 Å². The molecule has 8 fully saturated rings. The second kappa shape index (κ2) is 33.8. The number of carbonyl (C=O) groups is 3. The van der Waals surface area contributed by atoms with Gasteiger partial charge in [-0.25, -0.2) is 0 Å². The zero-order valence-electron chi connectivity index (χ0n) is 52.1. The van der Waals surface area contributed by atoms with Gasteiger partial charge in [0.15, 0.2) is 50.3 Å². The van der Waals surface area contributed by atoms with Gasteiger partial charge in [0.2, 0.25) is 17.7 Å². The van der Waals surface area contributed by atoms with Crippen LogP contribution in [0.25, 0.3) is 0 Å². The highest BCUT2D eigenvalue weighted by Crippen LogP contribution is 2.39. The molecule has 0 unspecified atom stereocenters. The number of nitrogens with one attached hydrogen (secondary N) is 3. The van der Waals surface area contributed by atoms with Crippen LogP contribution in [0.2, 0.25) is 0 Å². The van der Waals surface area contributed by atoms with Crippen LogP contribution in [-0.4, -0.2) is 410 Å². The number of hydrogen-bond acceptors (Lipinski definition) is 39. The molecule has 8 aliphatic heterocycles. The Morgan fingerprint density at radius 3 is 1.15 bits per heavy atom. The molecular weight excluding hydrogens is 1310 g/mol. The fourth-order valence-electron chi connectivity index (χ4n) is 12.5. The van der Waals surface area contributed by atoms with E-state index in [1.807, 2.05) is 0 Å². The zero-order chi connectivity index (χ0) is 70.8. The van der Waals surface area contributed by atoms with E-state index in [2.05, 4.69) is 16.0 Å². The van der Waals surface area contributed by atoms with Gasteiger partial charge in [-0.15, -0.1) is 0 Å². The standard InChI is InChI=1S/C54H91N3O39/c1-12-26(66)32(72)36(76)50(83-12)82-11-22-43(30(70)23(47(81)85-22)55-14(3)63)92-48-24(56-15(4)64)31(71)41(19(8-60)88-48)93-54-40(80)46(29(69)18(7-59)87-54)96-53-39(79)35(75)42(20(9-61)90-53)91-49-25(57-16(5)65)45(95-51-37(77)33(73)27(67)13(2)84-51)44(21(10-62)89-49)94-52-38(78)34(74)28(68)17(6-58)86-52/h12-13,17-54,58-62,66-81H,6-11H2,1-5H3,(H,55,63)(H,56,64)(H,57,65)/t12-,13-,17+,18+,19+,20+,21+,22+,23+,24+,25+,26+,27+,28-,29+,30+,31+,32+,33+,34-,35+,36-,37-,38+,39-,40-,41+,42+,43+,44+,45+,46-,47+,48-,49-,50+,51-,52-,53+,54-/m0/s1. The average molecular weight is 1410 g/mol. The molecule has 8 rings (SSSR count). The molecule has 0 aliphatic carbocycles. The Morgan fingerprint density at radius 1 is 0.292 bits per heavy atom. The third-order valence-electron chi connectivity index (χ3n) is 17.8. The summed E-state index contributed by atoms with van der Waals surface area (Å²) in [6.45, 7) is -0.474. The van der Waals surface area contributed by atoms with Crippen LogP contribution in [0.1, 0.15) is 34.6 Å². The second-order valence-electron chi connectivity index (χ2n) is 24.6. The highest BCUT2D eigenvalue weighted by atomic mass is 16.8. The number of ether oxygens (including phenoxy) is 15. The van der Waals surface area contributed by atoms with Crippen molar-refractivity contribution >= 4 is 17.7 Å². The van der Waals surface area contributed by atoms with Crippen molar-refractivity contribution in [1.29, 1.82) is 0 Å². The van der Waals surface area contributed by atoms with E-state index in [-0.39, 0.29) is 0 Å². The van der Waals surface area contributed by atoms with Gasteiger partial charge in [-0.3, -0.25) is 14.4 Å². The lowest BCUT2D eigenvalue weighted by Gasteiger charge is -2.52. The quantitative estimate of drug-likeness (QED) is 0.0452. The summed E-state index contributed by atoms with van der Waals surface area (Å²) in [6, 6.07) is -5.31. The molecule has 0 spiro atoms. The highest BCUT2D eigenvalue weighted by Gasteiger charge is 2.60. The van der Waals surface area contributed by atoms with Gasteiger partial charge < -0.3 is 194 Å². The van der Waals surface area contributed by atoms with Gasteiger partial charge in [0.1, 0.15) is 183 Å². The first-order valence-corrected chi connectivity index (χ1v) is 30.8. The van der Waals surface area contributed by atoms with Crippen LogP contribution in [0.4, 0.5) is 0 Å². The Kier molecular flexibility index (Phi) is 27.7. The molecule has 24 N–H and O–H groups in total. The van der Waals surface area contributed by atoms with E-state index in [0.29, 0.717) is 0 Å². The minimum atomic E-state index is -2.37. The largest absolute Gasteiger partial charge is 0.394 e. The number of amides is 3. The zero-order valence-corrected chi connectivity index (χ0v) is 52.1. The first-order valence-electron chi connectivity index (χ1n) is 30.8. The van der Waals surface area contributed by atoms with E-state index in [4.69, 9.17) is 71.1 Å². The molecule has 0 aromatic carbocycles. The molecule has 8 aliphatic rings. The van der Waals surface area contributed by atoms with E-state index in [1.54, 1.807) is 0 Å². The van der Waals surface area contributed by atoms with Gasteiger partial charge in [0, 0.05) is 20.8 Å². The summed E-state index contributed by atoms with van der Waals surface area (Å²) >= 11 is 0. The number of rotatable bonds is 23. The third kappa shape index (κ3) is 17.0. The van der Waals surface area contributed by atoms with Crippen molar-refractivity contribution < 1.29 is 193 Å². The van der Waals surface area contributed by atoms with Gasteiger partial charge in [0.25, 0.3) is 0 Å². The van der Waals surface area contributed by atoms with E-state index in [0.717, 1.165) is 20.8 Å². The maximum Gasteiger partial charge on any atom is 0.217 e. The van der Waals surface area contributed by atoms with Gasteiger partial charge in [-0.1, -0.05) is 0 Å². The van der Waals surface area contributed by atoms with Crippen molar-refractivity contribution in [3.8, 4) is 0 Å². The Hall–Kier alpha value is -3.03. The van der Waals surface area contributed by atoms with E-state index < -0.39 is 303 Å². The van der Waals surface area contributed by atoms with Crippen LogP contribution < -0.4 is 16.0 Å². The average Bonchev–Trinajstić information content (AvgIpc) is 0.769. The molecule has 8 heterocycles. The predicted octanol–water partition coefficient (Wildman–Crippen LogP) is -16.0. The summed E-state index contributed by atoms with van der Waals surface area (Å²) in [5.74, 6) is -2.55. The molecule has 0 aromatic rings. The maximum atomic E-state index is 13.1. The molecule has 0 aromatic heterocycles. The van der Waals surface area contributed by atoms with Crippen molar-refractivity contribution in [2.75, 3.05) is 39.6 Å². The Bertz CT molecular complexity index is 2470. The smallest absolute Gasteiger partial charge is 0.217 e. The second-order valence-corrected chi connectivity index (χ2v) is 24.6. The molecular formula is C54H91N3O39. The Balaban J connectivity index is 1.01. The van der Waals surface area contributed by atoms with Crippen LogP contribution in [0.15, 0.2) is 0 Å². The normalized spacial score (nSPS) is 50.3. The van der Waals surface area contributed by atoms with Crippen LogP contribution >= 0.6 is 0 Å². The number of aliphatic hydroxyl groups excluding tert-OH is 21. The molecule has 0 radical (unpaired) electrons. The van der Waals surface area contributed by atoms with Crippen molar-refractivity contribution in [2.45, 2.75) is 280 Å². The first-order chi connectivity index (χ1) is 45.3. The fourth-order valence-corrected chi connectivity index (χ4v) is 12.5.